The number of quaternary nitrogens is 2. The Hall–Kier alpha value is -4.34. The Morgan fingerprint density at radius 2 is 1.49 bits per heavy atom. The molecule has 9 heteroatoms. The number of nitrogens with zero attached hydrogens (tertiary/aromatic N) is 2. The molecule has 4 atom stereocenters. The molecule has 0 aromatic heterocycles. The summed E-state index contributed by atoms with van der Waals surface area (Å²) in [6, 6.07) is 23.3. The fourth-order valence-electron chi connectivity index (χ4n) is 7.58. The third-order valence-corrected chi connectivity index (χ3v) is 10.5. The number of benzene rings is 3. The molecular weight excluding hydrogens is 620 g/mol. The Bertz CT molecular complexity index is 1590. The van der Waals surface area contributed by atoms with Gasteiger partial charge in [0.2, 0.25) is 0 Å². The summed E-state index contributed by atoms with van der Waals surface area (Å²) >= 11 is 0. The predicted molar refractivity (Wildman–Crippen MR) is 189 cm³/mol. The molecule has 5 rings (SSSR count). The minimum absolute atomic E-state index is 0.162. The van der Waals surface area contributed by atoms with Gasteiger partial charge >= 0.3 is 11.9 Å². The molecule has 0 saturated carbocycles. The molecule has 1 fully saturated rings. The highest BCUT2D eigenvalue weighted by molar-refractivity contribution is 5.91. The van der Waals surface area contributed by atoms with Crippen LogP contribution in [0, 0.1) is 0 Å². The lowest BCUT2D eigenvalue weighted by Crippen LogP contribution is -2.52. The van der Waals surface area contributed by atoms with E-state index < -0.39 is 11.9 Å². The van der Waals surface area contributed by atoms with Crippen molar-refractivity contribution in [2.75, 3.05) is 68.3 Å². The number of carbonyl (C=O) groups is 2. The predicted octanol–water partition coefficient (Wildman–Crippen LogP) is 5.84. The summed E-state index contributed by atoms with van der Waals surface area (Å²) in [5.41, 5.74) is 5.01. The van der Waals surface area contributed by atoms with Gasteiger partial charge in [0.15, 0.2) is 11.5 Å². The van der Waals surface area contributed by atoms with E-state index in [0.29, 0.717) is 13.0 Å². The maximum atomic E-state index is 12.5. The summed E-state index contributed by atoms with van der Waals surface area (Å²) in [4.78, 5) is 25.0. The highest BCUT2D eigenvalue weighted by Gasteiger charge is 2.40. The quantitative estimate of drug-likeness (QED) is 0.0869. The number of ether oxygens (including phenoxy) is 5. The van der Waals surface area contributed by atoms with Gasteiger partial charge in [0, 0.05) is 55.4 Å². The van der Waals surface area contributed by atoms with Crippen LogP contribution in [0.15, 0.2) is 78.9 Å². The zero-order valence-corrected chi connectivity index (χ0v) is 29.7. The molecule has 2 heterocycles. The van der Waals surface area contributed by atoms with Gasteiger partial charge in [-0.15, -0.1) is 0 Å². The van der Waals surface area contributed by atoms with Crippen molar-refractivity contribution in [3.63, 3.8) is 0 Å². The van der Waals surface area contributed by atoms with E-state index in [-0.39, 0.29) is 18.7 Å². The van der Waals surface area contributed by atoms with Gasteiger partial charge in [-0.25, -0.2) is 9.59 Å². The van der Waals surface area contributed by atoms with E-state index in [1.54, 1.807) is 21.3 Å². The average molecular weight is 673 g/mol. The molecule has 9 nitrogen and oxygen atoms in total. The Morgan fingerprint density at radius 1 is 0.796 bits per heavy atom. The van der Waals surface area contributed by atoms with Crippen LogP contribution in [0.1, 0.15) is 47.6 Å². The Kier molecular flexibility index (Phi) is 12.0. The molecule has 2 aliphatic rings. The van der Waals surface area contributed by atoms with Crippen LogP contribution in [0.25, 0.3) is 0 Å². The van der Waals surface area contributed by atoms with Gasteiger partial charge in [-0.3, -0.25) is 0 Å². The Morgan fingerprint density at radius 3 is 2.18 bits per heavy atom. The van der Waals surface area contributed by atoms with Crippen LogP contribution in [-0.2, 0) is 38.4 Å². The van der Waals surface area contributed by atoms with Crippen molar-refractivity contribution in [2.24, 2.45) is 0 Å². The van der Waals surface area contributed by atoms with Crippen LogP contribution in [0.5, 0.6) is 17.2 Å². The van der Waals surface area contributed by atoms with Gasteiger partial charge in [0.25, 0.3) is 0 Å². The molecule has 0 radical (unpaired) electrons. The van der Waals surface area contributed by atoms with Gasteiger partial charge < -0.3 is 32.7 Å². The van der Waals surface area contributed by atoms with Crippen LogP contribution in [0.3, 0.4) is 0 Å². The average Bonchev–Trinajstić information content (AvgIpc) is 3.48. The number of esters is 2. The molecule has 262 valence electrons. The Balaban J connectivity index is 1.14. The summed E-state index contributed by atoms with van der Waals surface area (Å²) in [6.07, 6.45) is 6.88. The van der Waals surface area contributed by atoms with E-state index in [9.17, 15) is 9.59 Å². The fraction of sp³-hybridized carbons (Fsp3) is 0.450. The van der Waals surface area contributed by atoms with Crippen LogP contribution >= 0.6 is 0 Å². The van der Waals surface area contributed by atoms with Crippen LogP contribution in [0.4, 0.5) is 0 Å². The summed E-state index contributed by atoms with van der Waals surface area (Å²) < 4.78 is 29.4. The first-order chi connectivity index (χ1) is 23.7. The number of hydrogen-bond acceptors (Lipinski definition) is 7. The number of likely N-dealkylation sites (N-methyl/N-ethyl adjacent to an activating group) is 2. The second-order valence-corrected chi connectivity index (χ2v) is 13.8. The third kappa shape index (κ3) is 9.02. The molecule has 2 aliphatic heterocycles. The first-order valence-electron chi connectivity index (χ1n) is 17.3. The first kappa shape index (κ1) is 36.0. The summed E-state index contributed by atoms with van der Waals surface area (Å²) in [7, 11) is 9.51. The number of fused-ring (bicyclic) bond motifs is 1. The van der Waals surface area contributed by atoms with E-state index >= 15 is 0 Å². The van der Waals surface area contributed by atoms with E-state index in [2.05, 4.69) is 62.6 Å². The maximum absolute atomic E-state index is 12.5. The van der Waals surface area contributed by atoms with Crippen molar-refractivity contribution in [3.8, 4) is 17.2 Å². The summed E-state index contributed by atoms with van der Waals surface area (Å²) in [5, 5.41) is 0. The summed E-state index contributed by atoms with van der Waals surface area (Å²) in [5.74, 6) is 1.23. The monoisotopic (exact) mass is 672 g/mol. The molecule has 3 aromatic rings. The fourth-order valence-corrected chi connectivity index (χ4v) is 7.58. The van der Waals surface area contributed by atoms with E-state index in [1.165, 1.54) is 34.4 Å². The zero-order valence-electron chi connectivity index (χ0n) is 29.7. The molecular formula is C40H52N2O7+2. The molecule has 4 unspecified atom stereocenters. The molecule has 1 saturated heterocycles. The van der Waals surface area contributed by atoms with Gasteiger partial charge in [0.05, 0.1) is 61.7 Å². The van der Waals surface area contributed by atoms with Crippen molar-refractivity contribution in [1.29, 1.82) is 0 Å². The summed E-state index contributed by atoms with van der Waals surface area (Å²) in [6.45, 7) is 4.30. The van der Waals surface area contributed by atoms with Crippen molar-refractivity contribution in [2.45, 2.75) is 50.7 Å². The number of rotatable bonds is 15. The van der Waals surface area contributed by atoms with Crippen molar-refractivity contribution in [3.05, 3.63) is 101 Å². The van der Waals surface area contributed by atoms with E-state index in [0.717, 1.165) is 78.1 Å². The lowest BCUT2D eigenvalue weighted by molar-refractivity contribution is -0.941. The standard InChI is InChI=1S/C40H52N2O7/c1-41(23-20-32-26-37(46-4)38(47-5)27-35(32)36(41)25-30-14-16-34(45-3)17-15-30)22-10-24-48-39(43)18-19-40(44)49-29-33-13-9-21-42(33,2)28-31-11-7-6-8-12-31/h6-8,11-12,14-19,26-27,33,36H,9-10,13,20-25,28-29H2,1-5H3/q+2/b19-18+. The third-order valence-electron chi connectivity index (χ3n) is 10.5. The number of likely N-dealkylation sites (tertiary alicyclic amines) is 1. The number of hydrogen-bond donors (Lipinski definition) is 0. The van der Waals surface area contributed by atoms with Gasteiger partial charge in [-0.1, -0.05) is 42.5 Å². The van der Waals surface area contributed by atoms with E-state index in [1.807, 2.05) is 18.2 Å². The van der Waals surface area contributed by atoms with Crippen molar-refractivity contribution < 1.29 is 42.2 Å². The van der Waals surface area contributed by atoms with Gasteiger partial charge in [-0.05, 0) is 35.4 Å². The van der Waals surface area contributed by atoms with Crippen molar-refractivity contribution in [1.82, 2.24) is 0 Å². The number of carbonyl (C=O) groups excluding carboxylic acids is 2. The molecule has 0 bridgehead atoms. The smallest absolute Gasteiger partial charge is 0.331 e. The van der Waals surface area contributed by atoms with Gasteiger partial charge in [0.1, 0.15) is 31.0 Å². The Labute approximate surface area is 291 Å². The first-order valence-corrected chi connectivity index (χ1v) is 17.3. The van der Waals surface area contributed by atoms with Crippen LogP contribution < -0.4 is 14.2 Å². The lowest BCUT2D eigenvalue weighted by atomic mass is 9.86. The largest absolute Gasteiger partial charge is 0.497 e. The second-order valence-electron chi connectivity index (χ2n) is 13.8. The normalized spacial score (nSPS) is 23.1. The molecule has 0 aliphatic carbocycles. The highest BCUT2D eigenvalue weighted by Crippen LogP contribution is 2.42. The highest BCUT2D eigenvalue weighted by atomic mass is 16.5. The molecule has 0 amide bonds. The molecule has 49 heavy (non-hydrogen) atoms. The number of methoxy groups -OCH3 is 3. The topological polar surface area (TPSA) is 80.3 Å². The van der Waals surface area contributed by atoms with Gasteiger partial charge in [-0.2, -0.15) is 0 Å². The van der Waals surface area contributed by atoms with Crippen molar-refractivity contribution >= 4 is 11.9 Å². The van der Waals surface area contributed by atoms with Crippen LogP contribution in [-0.4, -0.2) is 95.2 Å². The molecule has 0 N–H and O–H groups in total. The minimum Gasteiger partial charge on any atom is -0.497 e. The molecule has 0 spiro atoms. The SMILES string of the molecule is COc1ccc(CC2c3cc(OC)c(OC)cc3CC[N+]2(C)CCCOC(=O)/C=C/C(=O)OCC2CCC[N+]2(C)Cc2ccccc2)cc1. The van der Waals surface area contributed by atoms with E-state index in [4.69, 9.17) is 23.7 Å². The minimum atomic E-state index is -0.541. The molecule has 3 aromatic carbocycles. The zero-order chi connectivity index (χ0) is 34.9. The maximum Gasteiger partial charge on any atom is 0.331 e. The lowest BCUT2D eigenvalue weighted by Gasteiger charge is -2.46. The van der Waals surface area contributed by atoms with Crippen LogP contribution in [0.2, 0.25) is 0 Å². The second kappa shape index (κ2) is 16.4.